The van der Waals surface area contributed by atoms with E-state index >= 15 is 0 Å². The Labute approximate surface area is 97.2 Å². The first kappa shape index (κ1) is 10.5. The fraction of sp³-hybridized carbons (Fsp3) is 0.455. The molecule has 0 aliphatic heterocycles. The van der Waals surface area contributed by atoms with Crippen LogP contribution in [0.25, 0.3) is 0 Å². The molecule has 1 aliphatic carbocycles. The average Bonchev–Trinajstić information content (AvgIpc) is 2.93. The molecule has 1 aliphatic rings. The summed E-state index contributed by atoms with van der Waals surface area (Å²) in [5.74, 6) is 0.718. The molecular weight excluding hydrogens is 263 g/mol. The van der Waals surface area contributed by atoms with Crippen molar-refractivity contribution in [3.8, 4) is 0 Å². The third-order valence-electron chi connectivity index (χ3n) is 2.57. The Balaban J connectivity index is 2.15. The minimum absolute atomic E-state index is 0.379. The summed E-state index contributed by atoms with van der Waals surface area (Å²) < 4.78 is 0.940. The maximum atomic E-state index is 9.95. The minimum atomic E-state index is -0.379. The molecule has 0 bridgehead atoms. The average molecular weight is 276 g/mol. The van der Waals surface area contributed by atoms with Crippen LogP contribution in [0.5, 0.6) is 0 Å². The van der Waals surface area contributed by atoms with E-state index in [1.54, 1.807) is 0 Å². The molecule has 0 radical (unpaired) electrons. The second kappa shape index (κ2) is 4.21. The highest BCUT2D eigenvalue weighted by atomic mass is 79.9. The zero-order valence-electron chi connectivity index (χ0n) is 7.71. The molecule has 0 heterocycles. The summed E-state index contributed by atoms with van der Waals surface area (Å²) in [6.07, 6.45) is 3.00. The molecule has 1 atom stereocenters. The van der Waals surface area contributed by atoms with Crippen LogP contribution in [-0.2, 0) is 0 Å². The molecule has 0 amide bonds. The molecule has 14 heavy (non-hydrogen) atoms. The minimum Gasteiger partial charge on any atom is -0.388 e. The van der Waals surface area contributed by atoms with E-state index in [4.69, 9.17) is 11.6 Å². The van der Waals surface area contributed by atoms with Gasteiger partial charge in [0.05, 0.1) is 6.10 Å². The number of aliphatic hydroxyl groups is 1. The van der Waals surface area contributed by atoms with E-state index < -0.39 is 0 Å². The van der Waals surface area contributed by atoms with Crippen molar-refractivity contribution in [1.29, 1.82) is 0 Å². The van der Waals surface area contributed by atoms with Gasteiger partial charge in [-0.3, -0.25) is 0 Å². The Bertz CT molecular complexity index is 336. The standard InChI is InChI=1S/C11H12BrClO/c12-10-4-3-8(13)6-9(10)11(14)5-7-1-2-7/h3-4,6-7,11,14H,1-2,5H2. The Morgan fingerprint density at radius 1 is 1.50 bits per heavy atom. The fourth-order valence-corrected chi connectivity index (χ4v) is 2.26. The normalized spacial score (nSPS) is 18.2. The molecule has 1 N–H and O–H groups in total. The Kier molecular flexibility index (Phi) is 3.15. The van der Waals surface area contributed by atoms with Crippen LogP contribution < -0.4 is 0 Å². The zero-order valence-corrected chi connectivity index (χ0v) is 10.1. The molecule has 1 unspecified atom stereocenters. The van der Waals surface area contributed by atoms with Gasteiger partial charge in [0.1, 0.15) is 0 Å². The van der Waals surface area contributed by atoms with Gasteiger partial charge in [-0.1, -0.05) is 40.4 Å². The predicted molar refractivity (Wildman–Crippen MR) is 61.5 cm³/mol. The monoisotopic (exact) mass is 274 g/mol. The molecule has 1 saturated carbocycles. The largest absolute Gasteiger partial charge is 0.388 e. The lowest BCUT2D eigenvalue weighted by molar-refractivity contribution is 0.159. The highest BCUT2D eigenvalue weighted by Gasteiger charge is 2.26. The topological polar surface area (TPSA) is 20.2 Å². The van der Waals surface area contributed by atoms with E-state index in [2.05, 4.69) is 15.9 Å². The molecule has 0 aromatic heterocycles. The van der Waals surface area contributed by atoms with Gasteiger partial charge in [-0.25, -0.2) is 0 Å². The van der Waals surface area contributed by atoms with Gasteiger partial charge in [-0.2, -0.15) is 0 Å². The number of hydrogen-bond donors (Lipinski definition) is 1. The lowest BCUT2D eigenvalue weighted by atomic mass is 10.0. The predicted octanol–water partition coefficient (Wildman–Crippen LogP) is 3.94. The summed E-state index contributed by atoms with van der Waals surface area (Å²) in [7, 11) is 0. The molecule has 1 aromatic carbocycles. The maximum absolute atomic E-state index is 9.95. The van der Waals surface area contributed by atoms with Crippen molar-refractivity contribution in [3.63, 3.8) is 0 Å². The molecule has 1 fully saturated rings. The van der Waals surface area contributed by atoms with Crippen LogP contribution in [0.3, 0.4) is 0 Å². The summed E-state index contributed by atoms with van der Waals surface area (Å²) in [6.45, 7) is 0. The van der Waals surface area contributed by atoms with Crippen molar-refractivity contribution in [2.75, 3.05) is 0 Å². The summed E-state index contributed by atoms with van der Waals surface area (Å²) in [5.41, 5.74) is 0.907. The SMILES string of the molecule is OC(CC1CC1)c1cc(Cl)ccc1Br. The zero-order chi connectivity index (χ0) is 10.1. The first-order valence-electron chi connectivity index (χ1n) is 4.80. The smallest absolute Gasteiger partial charge is 0.0804 e. The third kappa shape index (κ3) is 2.50. The van der Waals surface area contributed by atoms with Gasteiger partial charge in [0.2, 0.25) is 0 Å². The van der Waals surface area contributed by atoms with E-state index in [0.717, 1.165) is 22.4 Å². The molecule has 2 rings (SSSR count). The third-order valence-corrected chi connectivity index (χ3v) is 3.53. The molecule has 76 valence electrons. The quantitative estimate of drug-likeness (QED) is 0.886. The van der Waals surface area contributed by atoms with E-state index in [9.17, 15) is 5.11 Å². The molecular formula is C11H12BrClO. The van der Waals surface area contributed by atoms with E-state index in [-0.39, 0.29) is 6.10 Å². The van der Waals surface area contributed by atoms with Crippen LogP contribution in [-0.4, -0.2) is 5.11 Å². The van der Waals surface area contributed by atoms with Gasteiger partial charge >= 0.3 is 0 Å². The van der Waals surface area contributed by atoms with Crippen LogP contribution in [0.1, 0.15) is 30.9 Å². The van der Waals surface area contributed by atoms with Gasteiger partial charge in [-0.05, 0) is 36.1 Å². The Morgan fingerprint density at radius 2 is 2.21 bits per heavy atom. The van der Waals surface area contributed by atoms with E-state index in [1.165, 1.54) is 12.8 Å². The lowest BCUT2D eigenvalue weighted by Crippen LogP contribution is -1.99. The van der Waals surface area contributed by atoms with Gasteiger partial charge in [0.25, 0.3) is 0 Å². The Morgan fingerprint density at radius 3 is 2.86 bits per heavy atom. The lowest BCUT2D eigenvalue weighted by Gasteiger charge is -2.12. The summed E-state index contributed by atoms with van der Waals surface area (Å²) in [6, 6.07) is 5.53. The van der Waals surface area contributed by atoms with Gasteiger partial charge < -0.3 is 5.11 Å². The van der Waals surface area contributed by atoms with E-state index in [1.807, 2.05) is 18.2 Å². The van der Waals surface area contributed by atoms with Crippen LogP contribution in [0.4, 0.5) is 0 Å². The molecule has 1 nitrogen and oxygen atoms in total. The second-order valence-electron chi connectivity index (χ2n) is 3.86. The first-order valence-corrected chi connectivity index (χ1v) is 5.97. The van der Waals surface area contributed by atoms with Gasteiger partial charge in [0.15, 0.2) is 0 Å². The van der Waals surface area contributed by atoms with Crippen molar-refractivity contribution in [1.82, 2.24) is 0 Å². The number of halogens is 2. The molecule has 3 heteroatoms. The van der Waals surface area contributed by atoms with Crippen LogP contribution in [0, 0.1) is 5.92 Å². The van der Waals surface area contributed by atoms with Crippen LogP contribution >= 0.6 is 27.5 Å². The maximum Gasteiger partial charge on any atom is 0.0804 e. The van der Waals surface area contributed by atoms with Gasteiger partial charge in [-0.15, -0.1) is 0 Å². The van der Waals surface area contributed by atoms with Crippen molar-refractivity contribution in [3.05, 3.63) is 33.3 Å². The second-order valence-corrected chi connectivity index (χ2v) is 5.15. The van der Waals surface area contributed by atoms with Crippen molar-refractivity contribution in [2.24, 2.45) is 5.92 Å². The van der Waals surface area contributed by atoms with Crippen molar-refractivity contribution >= 4 is 27.5 Å². The van der Waals surface area contributed by atoms with Crippen molar-refractivity contribution in [2.45, 2.75) is 25.4 Å². The summed E-state index contributed by atoms with van der Waals surface area (Å²) >= 11 is 9.30. The van der Waals surface area contributed by atoms with E-state index in [0.29, 0.717) is 5.02 Å². The number of aliphatic hydroxyl groups excluding tert-OH is 1. The van der Waals surface area contributed by atoms with Crippen LogP contribution in [0.15, 0.2) is 22.7 Å². The van der Waals surface area contributed by atoms with Gasteiger partial charge in [0, 0.05) is 9.50 Å². The number of rotatable bonds is 3. The first-order chi connectivity index (χ1) is 6.66. The highest BCUT2D eigenvalue weighted by Crippen LogP contribution is 2.39. The Hall–Kier alpha value is -0.0500. The summed E-state index contributed by atoms with van der Waals surface area (Å²) in [4.78, 5) is 0. The molecule has 0 saturated heterocycles. The fourth-order valence-electron chi connectivity index (χ4n) is 1.57. The summed E-state index contributed by atoms with van der Waals surface area (Å²) in [5, 5.41) is 10.6. The molecule has 1 aromatic rings. The molecule has 0 spiro atoms. The van der Waals surface area contributed by atoms with Crippen LogP contribution in [0.2, 0.25) is 5.02 Å². The number of hydrogen-bond acceptors (Lipinski definition) is 1. The van der Waals surface area contributed by atoms with Crippen molar-refractivity contribution < 1.29 is 5.11 Å². The number of benzene rings is 1. The highest BCUT2D eigenvalue weighted by molar-refractivity contribution is 9.10.